The van der Waals surface area contributed by atoms with E-state index in [9.17, 15) is 19.8 Å². The van der Waals surface area contributed by atoms with Gasteiger partial charge in [0.25, 0.3) is 0 Å². The van der Waals surface area contributed by atoms with E-state index in [1.54, 1.807) is 24.3 Å². The minimum atomic E-state index is -1.16. The highest BCUT2D eigenvalue weighted by Gasteiger charge is 2.23. The van der Waals surface area contributed by atoms with E-state index >= 15 is 0 Å². The van der Waals surface area contributed by atoms with Gasteiger partial charge < -0.3 is 106 Å². The Hall–Kier alpha value is -4.59. The van der Waals surface area contributed by atoms with Crippen LogP contribution in [0.5, 0.6) is 5.75 Å². The van der Waals surface area contributed by atoms with Crippen LogP contribution in [0.15, 0.2) is 63.8 Å². The summed E-state index contributed by atoms with van der Waals surface area (Å²) < 4.78 is 103. The molecule has 0 fully saturated rings. The van der Waals surface area contributed by atoms with Gasteiger partial charge in [0, 0.05) is 54.1 Å². The van der Waals surface area contributed by atoms with Crippen molar-refractivity contribution in [1.29, 1.82) is 0 Å². The molecule has 0 saturated heterocycles. The van der Waals surface area contributed by atoms with Gasteiger partial charge in [-0.15, -0.1) is 0 Å². The molecular weight excluding hydrogens is 1450 g/mol. The Morgan fingerprint density at radius 1 is 0.378 bits per heavy atom. The van der Waals surface area contributed by atoms with Gasteiger partial charge in [-0.2, -0.15) is 0 Å². The number of aromatic hydroxyl groups is 1. The number of aromatic carboxylic acids is 1. The van der Waals surface area contributed by atoms with Crippen LogP contribution in [-0.2, 0) is 80.5 Å². The van der Waals surface area contributed by atoms with Crippen LogP contribution in [0.4, 0.5) is 5.69 Å². The van der Waals surface area contributed by atoms with Gasteiger partial charge in [-0.1, -0.05) is 187 Å². The SMILES string of the molecule is CCCCCCCCCCCCCCCCOCC(COCCOCCOCCOCCOCCOCCOCCOCCOCCOCCOCCOCCOCCOCCOCCNC(=S)Nc1ccc(-c2c3ccc(=O)cc-3oc3cc(O)ccc23)c(C(=O)O)c1)OCCCCCCCCCCCCCCCC. The smallest absolute Gasteiger partial charge is 0.336 e. The lowest BCUT2D eigenvalue weighted by atomic mass is 9.90. The number of unbranched alkanes of at least 4 members (excludes halogenated alkanes) is 26. The first-order valence-electron chi connectivity index (χ1n) is 42.3. The molecule has 0 saturated carbocycles. The molecule has 0 spiro atoms. The van der Waals surface area contributed by atoms with E-state index in [1.807, 2.05) is 0 Å². The average Bonchev–Trinajstić information content (AvgIpc) is 0.749. The maximum atomic E-state index is 12.6. The number of carbonyl (C=O) groups is 1. The number of carboxylic acids is 1. The Kier molecular flexibility index (Phi) is 65.0. The number of ether oxygens (including phenoxy) is 17. The number of hydrogen-bond acceptors (Lipinski definition) is 22. The van der Waals surface area contributed by atoms with E-state index in [0.717, 1.165) is 26.1 Å². The molecule has 1 atom stereocenters. The van der Waals surface area contributed by atoms with Gasteiger partial charge in [-0.25, -0.2) is 4.79 Å². The largest absolute Gasteiger partial charge is 0.508 e. The lowest BCUT2D eigenvalue weighted by Crippen LogP contribution is -2.31. The van der Waals surface area contributed by atoms with E-state index in [0.29, 0.717) is 245 Å². The Balaban J connectivity index is 0.811. The molecule has 2 aromatic carbocycles. The lowest BCUT2D eigenvalue weighted by molar-refractivity contribution is -0.0702. The second-order valence-electron chi connectivity index (χ2n) is 27.7. The third kappa shape index (κ3) is 54.8. The molecule has 25 heteroatoms. The summed E-state index contributed by atoms with van der Waals surface area (Å²) in [5.41, 5.74) is 2.00. The van der Waals surface area contributed by atoms with E-state index in [2.05, 4.69) is 24.5 Å². The van der Waals surface area contributed by atoms with Crippen molar-refractivity contribution in [2.45, 2.75) is 200 Å². The summed E-state index contributed by atoms with van der Waals surface area (Å²) >= 11 is 5.45. The van der Waals surface area contributed by atoms with Crippen molar-refractivity contribution in [2.75, 3.05) is 230 Å². The van der Waals surface area contributed by atoms with Gasteiger partial charge in [0.05, 0.1) is 210 Å². The van der Waals surface area contributed by atoms with Crippen molar-refractivity contribution >= 4 is 40.0 Å². The predicted molar refractivity (Wildman–Crippen MR) is 441 cm³/mol. The van der Waals surface area contributed by atoms with E-state index < -0.39 is 5.97 Å². The van der Waals surface area contributed by atoms with Crippen molar-refractivity contribution < 1.29 is 100.0 Å². The van der Waals surface area contributed by atoms with Crippen molar-refractivity contribution in [3.8, 4) is 28.2 Å². The first-order valence-corrected chi connectivity index (χ1v) is 42.7. The summed E-state index contributed by atoms with van der Waals surface area (Å²) in [5, 5.41) is 27.3. The Morgan fingerprint density at radius 2 is 0.712 bits per heavy atom. The van der Waals surface area contributed by atoms with E-state index in [1.165, 1.54) is 197 Å². The van der Waals surface area contributed by atoms with Crippen molar-refractivity contribution in [1.82, 2.24) is 5.32 Å². The highest BCUT2D eigenvalue weighted by atomic mass is 32.1. The molecule has 0 bridgehead atoms. The van der Waals surface area contributed by atoms with Gasteiger partial charge in [-0.05, 0) is 67.0 Å². The van der Waals surface area contributed by atoms with Gasteiger partial charge in [-0.3, -0.25) is 4.79 Å². The zero-order chi connectivity index (χ0) is 78.9. The number of fused-ring (bicyclic) bond motifs is 2. The molecule has 0 amide bonds. The summed E-state index contributed by atoms with van der Waals surface area (Å²) in [6.45, 7) is 21.0. The molecule has 636 valence electrons. The van der Waals surface area contributed by atoms with Gasteiger partial charge in [0.2, 0.25) is 0 Å². The monoisotopic (exact) mass is 1590 g/mol. The number of nitrogens with one attached hydrogen (secondary N) is 2. The van der Waals surface area contributed by atoms with Crippen molar-refractivity contribution in [3.63, 3.8) is 0 Å². The van der Waals surface area contributed by atoms with Crippen LogP contribution < -0.4 is 16.1 Å². The van der Waals surface area contributed by atoms with Crippen LogP contribution in [0.2, 0.25) is 0 Å². The molecule has 2 aromatic rings. The fourth-order valence-corrected chi connectivity index (χ4v) is 12.4. The number of phenolic OH excluding ortho intramolecular Hbond substituents is 1. The minimum absolute atomic E-state index is 0.00238. The maximum Gasteiger partial charge on any atom is 0.336 e. The molecule has 4 N–H and O–H groups in total. The molecule has 4 rings (SSSR count). The third-order valence-corrected chi connectivity index (χ3v) is 18.5. The average molecular weight is 1590 g/mol. The molecule has 1 unspecified atom stereocenters. The molecule has 2 aliphatic rings. The second-order valence-corrected chi connectivity index (χ2v) is 28.1. The first-order chi connectivity index (χ1) is 54.8. The maximum absolute atomic E-state index is 12.6. The molecule has 1 heterocycles. The van der Waals surface area contributed by atoms with Gasteiger partial charge >= 0.3 is 5.97 Å². The molecule has 1 aliphatic heterocycles. The molecule has 24 nitrogen and oxygen atoms in total. The second kappa shape index (κ2) is 73.1. The molecular formula is C86H144N2O22S. The van der Waals surface area contributed by atoms with Crippen molar-refractivity contribution in [2.24, 2.45) is 0 Å². The van der Waals surface area contributed by atoms with Crippen LogP contribution in [0.25, 0.3) is 33.4 Å². The summed E-state index contributed by atoms with van der Waals surface area (Å²) in [4.78, 5) is 24.7. The quantitative estimate of drug-likeness (QED) is 0.0182. The topological polar surface area (TPSA) is 269 Å². The van der Waals surface area contributed by atoms with Crippen LogP contribution in [0.1, 0.15) is 204 Å². The highest BCUT2D eigenvalue weighted by Crippen LogP contribution is 2.42. The fourth-order valence-electron chi connectivity index (χ4n) is 12.2. The van der Waals surface area contributed by atoms with Crippen molar-refractivity contribution in [3.05, 3.63) is 70.4 Å². The normalized spacial score (nSPS) is 12.0. The predicted octanol–water partition coefficient (Wildman–Crippen LogP) is 15.9. The van der Waals surface area contributed by atoms with Gasteiger partial charge in [0.1, 0.15) is 23.2 Å². The van der Waals surface area contributed by atoms with Crippen LogP contribution >= 0.6 is 12.2 Å². The Morgan fingerprint density at radius 3 is 1.09 bits per heavy atom. The van der Waals surface area contributed by atoms with Crippen LogP contribution in [0, 0.1) is 0 Å². The number of carboxylic acid groups (broad SMARTS) is 1. The van der Waals surface area contributed by atoms with Gasteiger partial charge in [0.15, 0.2) is 10.5 Å². The fraction of sp³-hybridized carbons (Fsp3) is 0.756. The van der Waals surface area contributed by atoms with Crippen LogP contribution in [-0.4, -0.2) is 252 Å². The molecule has 0 aromatic heterocycles. The number of thiocarbonyl (C=S) groups is 1. The number of rotatable bonds is 83. The number of benzene rings is 3. The number of hydrogen-bond donors (Lipinski definition) is 4. The molecule has 111 heavy (non-hydrogen) atoms. The van der Waals surface area contributed by atoms with E-state index in [-0.39, 0.29) is 33.7 Å². The number of phenols is 1. The standard InChI is InChI=1S/C86H144N2O22S/c1-3-5-7-9-11-13-15-17-19-21-23-25-27-29-38-107-72-77(109-39-30-28-26-24-22-20-18-16-14-12-10-8-6-4-2)73-108-68-67-106-66-65-105-64-63-104-62-61-103-60-59-102-58-57-101-56-55-100-54-53-99-52-51-98-50-49-97-48-47-96-46-45-95-44-43-94-42-41-93-40-37-87-86(111)88-74-31-34-78(81(69-74)85(91)92)84-79-35-32-75(89)70-82(79)110-83-71-76(90)33-36-80(83)84/h31-36,69-71,77,89H,3-30,37-68,72-73H2,1-2H3,(H,91,92)(H2,87,88,111). The molecule has 1 aliphatic carbocycles. The lowest BCUT2D eigenvalue weighted by Gasteiger charge is -2.18. The minimum Gasteiger partial charge on any atom is -0.508 e. The summed E-state index contributed by atoms with van der Waals surface area (Å²) in [7, 11) is 0. The zero-order valence-corrected chi connectivity index (χ0v) is 68.9. The summed E-state index contributed by atoms with van der Waals surface area (Å²) in [6, 6.07) is 13.8. The Labute approximate surface area is 670 Å². The zero-order valence-electron chi connectivity index (χ0n) is 68.1. The first kappa shape index (κ1) is 98.8. The third-order valence-electron chi connectivity index (χ3n) is 18.3. The van der Waals surface area contributed by atoms with Crippen LogP contribution in [0.3, 0.4) is 0 Å². The highest BCUT2D eigenvalue weighted by molar-refractivity contribution is 7.80. The summed E-state index contributed by atoms with van der Waals surface area (Å²) in [6.07, 6.45) is 37.8. The van der Waals surface area contributed by atoms with E-state index in [4.69, 9.17) is 97.2 Å². The molecule has 0 radical (unpaired) electrons. The Bertz CT molecular complexity index is 2820. The number of anilines is 1. The summed E-state index contributed by atoms with van der Waals surface area (Å²) in [5.74, 6) is -0.926.